The van der Waals surface area contributed by atoms with Gasteiger partial charge in [0, 0.05) is 21.5 Å². The summed E-state index contributed by atoms with van der Waals surface area (Å²) in [5.41, 5.74) is 12.8. The number of fused-ring (bicyclic) bond motifs is 2. The first-order valence-corrected chi connectivity index (χ1v) is 5.99. The molecule has 0 aliphatic rings. The molecule has 0 unspecified atom stereocenters. The zero-order valence-corrected chi connectivity index (χ0v) is 9.75. The van der Waals surface area contributed by atoms with Crippen LogP contribution in [-0.2, 0) is 0 Å². The van der Waals surface area contributed by atoms with Crippen LogP contribution < -0.4 is 16.9 Å². The molecule has 3 rings (SSSR count). The molecule has 0 atom stereocenters. The summed E-state index contributed by atoms with van der Waals surface area (Å²) in [6, 6.07) is 10.9. The molecule has 0 aliphatic heterocycles. The lowest BCUT2D eigenvalue weighted by Gasteiger charge is -2.05. The van der Waals surface area contributed by atoms with E-state index in [1.807, 2.05) is 24.3 Å². The van der Waals surface area contributed by atoms with Gasteiger partial charge < -0.3 is 11.5 Å². The van der Waals surface area contributed by atoms with Crippen molar-refractivity contribution < 1.29 is 0 Å². The predicted octanol–water partition coefficient (Wildman–Crippen LogP) is 2.58. The highest BCUT2D eigenvalue weighted by Crippen LogP contribution is 2.31. The molecular weight excluding hydrogens is 232 g/mol. The molecule has 0 bridgehead atoms. The molecule has 1 heterocycles. The summed E-state index contributed by atoms with van der Waals surface area (Å²) >= 11 is 1.50. The number of nitrogens with two attached hydrogens (primary N) is 2. The van der Waals surface area contributed by atoms with Crippen molar-refractivity contribution in [3.8, 4) is 0 Å². The molecule has 3 nitrogen and oxygen atoms in total. The lowest BCUT2D eigenvalue weighted by atomic mass is 10.1. The van der Waals surface area contributed by atoms with E-state index in [9.17, 15) is 4.79 Å². The second-order valence-corrected chi connectivity index (χ2v) is 4.93. The summed E-state index contributed by atoms with van der Waals surface area (Å²) in [6.45, 7) is 0. The molecule has 2 aromatic carbocycles. The Bertz CT molecular complexity index is 792. The predicted molar refractivity (Wildman–Crippen MR) is 74.4 cm³/mol. The maximum atomic E-state index is 12.3. The van der Waals surface area contributed by atoms with Crippen LogP contribution in [0.15, 0.2) is 41.2 Å². The highest BCUT2D eigenvalue weighted by atomic mass is 32.1. The van der Waals surface area contributed by atoms with Gasteiger partial charge in [0.15, 0.2) is 5.43 Å². The van der Waals surface area contributed by atoms with Crippen molar-refractivity contribution in [1.82, 2.24) is 0 Å². The normalized spacial score (nSPS) is 11.1. The van der Waals surface area contributed by atoms with Crippen LogP contribution in [0.2, 0.25) is 0 Å². The fraction of sp³-hybridized carbons (Fsp3) is 0. The fourth-order valence-corrected chi connectivity index (χ4v) is 3.08. The Morgan fingerprint density at radius 3 is 2.47 bits per heavy atom. The van der Waals surface area contributed by atoms with Gasteiger partial charge in [0.1, 0.15) is 0 Å². The number of rotatable bonds is 0. The lowest BCUT2D eigenvalue weighted by molar-refractivity contribution is 1.72. The summed E-state index contributed by atoms with van der Waals surface area (Å²) in [5.74, 6) is 0. The Morgan fingerprint density at radius 2 is 1.65 bits per heavy atom. The van der Waals surface area contributed by atoms with Crippen LogP contribution in [0.3, 0.4) is 0 Å². The van der Waals surface area contributed by atoms with Gasteiger partial charge in [-0.15, -0.1) is 11.3 Å². The van der Waals surface area contributed by atoms with Gasteiger partial charge in [-0.2, -0.15) is 0 Å². The smallest absolute Gasteiger partial charge is 0.198 e. The molecule has 0 radical (unpaired) electrons. The van der Waals surface area contributed by atoms with Gasteiger partial charge in [-0.05, 0) is 24.3 Å². The monoisotopic (exact) mass is 242 g/mol. The fourth-order valence-electron chi connectivity index (χ4n) is 1.95. The van der Waals surface area contributed by atoms with Gasteiger partial charge in [-0.3, -0.25) is 4.79 Å². The van der Waals surface area contributed by atoms with E-state index in [1.54, 1.807) is 12.1 Å². The van der Waals surface area contributed by atoms with Crippen molar-refractivity contribution in [2.45, 2.75) is 0 Å². The minimum Gasteiger partial charge on any atom is -0.398 e. The van der Waals surface area contributed by atoms with Gasteiger partial charge in [0.25, 0.3) is 0 Å². The van der Waals surface area contributed by atoms with E-state index in [2.05, 4.69) is 0 Å². The zero-order valence-electron chi connectivity index (χ0n) is 8.94. The summed E-state index contributed by atoms with van der Waals surface area (Å²) in [7, 11) is 0. The quantitative estimate of drug-likeness (QED) is 0.470. The Balaban J connectivity index is 2.69. The Labute approximate surface area is 101 Å². The average Bonchev–Trinajstić information content (AvgIpc) is 2.34. The number of nitrogen functional groups attached to an aromatic ring is 2. The number of hydrogen-bond donors (Lipinski definition) is 2. The van der Waals surface area contributed by atoms with Crippen molar-refractivity contribution in [1.29, 1.82) is 0 Å². The molecule has 4 N–H and O–H groups in total. The first-order valence-electron chi connectivity index (χ1n) is 5.18. The third-order valence-electron chi connectivity index (χ3n) is 2.79. The molecule has 0 spiro atoms. The summed E-state index contributed by atoms with van der Waals surface area (Å²) in [5, 5.41) is 1.23. The molecule has 0 saturated heterocycles. The van der Waals surface area contributed by atoms with Crippen LogP contribution in [0.4, 0.5) is 11.4 Å². The first-order chi connectivity index (χ1) is 8.18. The number of anilines is 2. The van der Waals surface area contributed by atoms with Crippen LogP contribution in [0.5, 0.6) is 0 Å². The van der Waals surface area contributed by atoms with E-state index in [1.165, 1.54) is 11.3 Å². The molecule has 17 heavy (non-hydrogen) atoms. The third-order valence-corrected chi connectivity index (χ3v) is 4.01. The minimum absolute atomic E-state index is 0.0425. The average molecular weight is 242 g/mol. The van der Waals surface area contributed by atoms with E-state index in [-0.39, 0.29) is 5.43 Å². The van der Waals surface area contributed by atoms with E-state index < -0.39 is 0 Å². The first kappa shape index (κ1) is 10.1. The SMILES string of the molecule is Nc1ccc(N)c2c(=O)c3ccccc3sc12. The van der Waals surface area contributed by atoms with E-state index in [0.29, 0.717) is 22.1 Å². The maximum Gasteiger partial charge on any atom is 0.198 e. The molecule has 0 fully saturated rings. The van der Waals surface area contributed by atoms with Crippen molar-refractivity contribution >= 4 is 42.9 Å². The van der Waals surface area contributed by atoms with E-state index in [0.717, 1.165) is 9.40 Å². The standard InChI is InChI=1S/C13H10N2OS/c14-8-5-6-9(15)13-11(8)12(16)7-3-1-2-4-10(7)17-13/h1-6H,14-15H2. The van der Waals surface area contributed by atoms with Crippen molar-refractivity contribution in [2.24, 2.45) is 0 Å². The Kier molecular flexibility index (Phi) is 2.06. The topological polar surface area (TPSA) is 69.1 Å². The second kappa shape index (κ2) is 3.46. The second-order valence-electron chi connectivity index (χ2n) is 3.88. The van der Waals surface area contributed by atoms with Gasteiger partial charge >= 0.3 is 0 Å². The van der Waals surface area contributed by atoms with E-state index in [4.69, 9.17) is 11.5 Å². The Hall–Kier alpha value is -2.07. The minimum atomic E-state index is -0.0425. The van der Waals surface area contributed by atoms with Crippen molar-refractivity contribution in [2.75, 3.05) is 11.5 Å². The van der Waals surface area contributed by atoms with Gasteiger partial charge in [0.05, 0.1) is 10.1 Å². The third kappa shape index (κ3) is 1.38. The maximum absolute atomic E-state index is 12.3. The van der Waals surface area contributed by atoms with Crippen LogP contribution in [0.25, 0.3) is 20.2 Å². The summed E-state index contributed by atoms with van der Waals surface area (Å²) in [4.78, 5) is 12.3. The molecule has 0 amide bonds. The number of hydrogen-bond acceptors (Lipinski definition) is 4. The van der Waals surface area contributed by atoms with Crippen molar-refractivity contribution in [3.05, 3.63) is 46.6 Å². The summed E-state index contributed by atoms with van der Waals surface area (Å²) in [6.07, 6.45) is 0. The van der Waals surface area contributed by atoms with Gasteiger partial charge in [-0.25, -0.2) is 0 Å². The number of benzene rings is 2. The van der Waals surface area contributed by atoms with Crippen LogP contribution in [0, 0.1) is 0 Å². The highest BCUT2D eigenvalue weighted by Gasteiger charge is 2.10. The van der Waals surface area contributed by atoms with Crippen LogP contribution >= 0.6 is 11.3 Å². The molecule has 0 aliphatic carbocycles. The lowest BCUT2D eigenvalue weighted by Crippen LogP contribution is -2.05. The zero-order chi connectivity index (χ0) is 12.0. The summed E-state index contributed by atoms with van der Waals surface area (Å²) < 4.78 is 1.70. The van der Waals surface area contributed by atoms with Crippen LogP contribution in [-0.4, -0.2) is 0 Å². The highest BCUT2D eigenvalue weighted by molar-refractivity contribution is 7.25. The molecule has 4 heteroatoms. The largest absolute Gasteiger partial charge is 0.398 e. The van der Waals surface area contributed by atoms with E-state index >= 15 is 0 Å². The van der Waals surface area contributed by atoms with Crippen molar-refractivity contribution in [3.63, 3.8) is 0 Å². The van der Waals surface area contributed by atoms with Crippen LogP contribution in [0.1, 0.15) is 0 Å². The molecule has 0 saturated carbocycles. The van der Waals surface area contributed by atoms with Gasteiger partial charge in [-0.1, -0.05) is 12.1 Å². The molecular formula is C13H10N2OS. The molecule has 84 valence electrons. The Morgan fingerprint density at radius 1 is 0.941 bits per heavy atom. The van der Waals surface area contributed by atoms with Gasteiger partial charge in [0.2, 0.25) is 0 Å². The molecule has 1 aromatic heterocycles. The molecule has 3 aromatic rings.